The molecule has 0 aliphatic heterocycles. The van der Waals surface area contributed by atoms with E-state index in [0.29, 0.717) is 11.3 Å². The number of rotatable bonds is 5. The van der Waals surface area contributed by atoms with E-state index in [0.717, 1.165) is 6.54 Å². The van der Waals surface area contributed by atoms with Gasteiger partial charge >= 0.3 is 0 Å². The molecule has 0 bridgehead atoms. The van der Waals surface area contributed by atoms with Crippen LogP contribution in [0.4, 0.5) is 0 Å². The molecule has 0 saturated carbocycles. The quantitative estimate of drug-likeness (QED) is 0.652. The van der Waals surface area contributed by atoms with E-state index in [1.165, 1.54) is 19.3 Å². The van der Waals surface area contributed by atoms with Crippen LogP contribution in [0.1, 0.15) is 47.0 Å². The van der Waals surface area contributed by atoms with Crippen LogP contribution in [0, 0.1) is 11.3 Å². The predicted molar refractivity (Wildman–Crippen MR) is 51.5 cm³/mol. The topological polar surface area (TPSA) is 26.0 Å². The van der Waals surface area contributed by atoms with E-state index in [1.807, 2.05) is 0 Å². The van der Waals surface area contributed by atoms with Crippen LogP contribution >= 0.6 is 0 Å². The minimum Gasteiger partial charge on any atom is -0.330 e. The SMILES string of the molecule is CCC(CC)(CC)C(C)CN. The third kappa shape index (κ3) is 2.19. The lowest BCUT2D eigenvalue weighted by Gasteiger charge is -2.36. The van der Waals surface area contributed by atoms with Crippen LogP contribution in [0.15, 0.2) is 0 Å². The van der Waals surface area contributed by atoms with Gasteiger partial charge < -0.3 is 5.73 Å². The van der Waals surface area contributed by atoms with E-state index < -0.39 is 0 Å². The Kier molecular flexibility index (Phi) is 4.74. The molecule has 0 spiro atoms. The Hall–Kier alpha value is -0.0400. The van der Waals surface area contributed by atoms with Crippen molar-refractivity contribution in [1.82, 2.24) is 0 Å². The maximum Gasteiger partial charge on any atom is -0.00462 e. The average molecular weight is 157 g/mol. The van der Waals surface area contributed by atoms with Gasteiger partial charge in [-0.1, -0.05) is 47.0 Å². The molecular formula is C10H23N. The fourth-order valence-corrected chi connectivity index (χ4v) is 2.05. The Balaban J connectivity index is 4.26. The zero-order valence-electron chi connectivity index (χ0n) is 8.48. The summed E-state index contributed by atoms with van der Waals surface area (Å²) < 4.78 is 0. The highest BCUT2D eigenvalue weighted by molar-refractivity contribution is 4.80. The number of hydrogen-bond donors (Lipinski definition) is 1. The van der Waals surface area contributed by atoms with Crippen LogP contribution in [-0.4, -0.2) is 6.54 Å². The maximum atomic E-state index is 5.68. The van der Waals surface area contributed by atoms with Crippen LogP contribution in [-0.2, 0) is 0 Å². The first-order valence-electron chi connectivity index (χ1n) is 4.86. The Morgan fingerprint density at radius 2 is 1.45 bits per heavy atom. The molecule has 0 radical (unpaired) electrons. The zero-order chi connectivity index (χ0) is 8.91. The molecule has 0 amide bonds. The molecule has 0 aromatic carbocycles. The minimum atomic E-state index is 0.509. The van der Waals surface area contributed by atoms with Crippen LogP contribution in [0.2, 0.25) is 0 Å². The fraction of sp³-hybridized carbons (Fsp3) is 1.00. The molecule has 11 heavy (non-hydrogen) atoms. The van der Waals surface area contributed by atoms with Gasteiger partial charge in [0.15, 0.2) is 0 Å². The van der Waals surface area contributed by atoms with Gasteiger partial charge in [0.25, 0.3) is 0 Å². The second-order valence-corrected chi connectivity index (χ2v) is 3.56. The minimum absolute atomic E-state index is 0.509. The van der Waals surface area contributed by atoms with E-state index >= 15 is 0 Å². The van der Waals surface area contributed by atoms with E-state index in [-0.39, 0.29) is 0 Å². The van der Waals surface area contributed by atoms with Crippen LogP contribution < -0.4 is 5.73 Å². The van der Waals surface area contributed by atoms with Crippen molar-refractivity contribution in [2.75, 3.05) is 6.54 Å². The molecule has 1 unspecified atom stereocenters. The lowest BCUT2D eigenvalue weighted by Crippen LogP contribution is -2.32. The number of hydrogen-bond acceptors (Lipinski definition) is 1. The lowest BCUT2D eigenvalue weighted by molar-refractivity contribution is 0.154. The molecule has 0 aromatic heterocycles. The molecule has 1 nitrogen and oxygen atoms in total. The third-order valence-electron chi connectivity index (χ3n) is 3.51. The van der Waals surface area contributed by atoms with Gasteiger partial charge in [0, 0.05) is 0 Å². The van der Waals surface area contributed by atoms with Crippen molar-refractivity contribution in [3.8, 4) is 0 Å². The molecule has 0 heterocycles. The summed E-state index contributed by atoms with van der Waals surface area (Å²) in [4.78, 5) is 0. The summed E-state index contributed by atoms with van der Waals surface area (Å²) >= 11 is 0. The summed E-state index contributed by atoms with van der Waals surface area (Å²) in [6.45, 7) is 9.93. The zero-order valence-corrected chi connectivity index (χ0v) is 8.48. The van der Waals surface area contributed by atoms with Gasteiger partial charge in [-0.2, -0.15) is 0 Å². The van der Waals surface area contributed by atoms with Gasteiger partial charge in [-0.05, 0) is 17.9 Å². The molecule has 68 valence electrons. The monoisotopic (exact) mass is 157 g/mol. The molecule has 0 aromatic rings. The van der Waals surface area contributed by atoms with Crippen molar-refractivity contribution in [2.24, 2.45) is 17.1 Å². The van der Waals surface area contributed by atoms with Gasteiger partial charge in [0.1, 0.15) is 0 Å². The Morgan fingerprint density at radius 3 is 1.55 bits per heavy atom. The summed E-state index contributed by atoms with van der Waals surface area (Å²) in [6, 6.07) is 0. The van der Waals surface area contributed by atoms with Crippen molar-refractivity contribution in [3.05, 3.63) is 0 Å². The van der Waals surface area contributed by atoms with Crippen molar-refractivity contribution < 1.29 is 0 Å². The summed E-state index contributed by atoms with van der Waals surface area (Å²) in [7, 11) is 0. The molecule has 0 aliphatic rings. The van der Waals surface area contributed by atoms with Gasteiger partial charge in [-0.25, -0.2) is 0 Å². The summed E-state index contributed by atoms with van der Waals surface area (Å²) in [5, 5.41) is 0. The predicted octanol–water partition coefficient (Wildman–Crippen LogP) is 2.80. The molecule has 1 heteroatoms. The van der Waals surface area contributed by atoms with Crippen LogP contribution in [0.5, 0.6) is 0 Å². The van der Waals surface area contributed by atoms with Crippen molar-refractivity contribution in [2.45, 2.75) is 47.0 Å². The second-order valence-electron chi connectivity index (χ2n) is 3.56. The Bertz CT molecular complexity index is 86.8. The molecule has 0 saturated heterocycles. The van der Waals surface area contributed by atoms with E-state index in [9.17, 15) is 0 Å². The fourth-order valence-electron chi connectivity index (χ4n) is 2.05. The normalized spacial score (nSPS) is 15.0. The average Bonchev–Trinajstić information content (AvgIpc) is 2.08. The van der Waals surface area contributed by atoms with Gasteiger partial charge in [-0.3, -0.25) is 0 Å². The highest BCUT2D eigenvalue weighted by Gasteiger charge is 2.29. The van der Waals surface area contributed by atoms with Crippen molar-refractivity contribution in [1.29, 1.82) is 0 Å². The molecule has 0 rings (SSSR count). The van der Waals surface area contributed by atoms with Crippen LogP contribution in [0.3, 0.4) is 0 Å². The Morgan fingerprint density at radius 1 is 1.09 bits per heavy atom. The highest BCUT2D eigenvalue weighted by atomic mass is 14.6. The highest BCUT2D eigenvalue weighted by Crippen LogP contribution is 2.37. The van der Waals surface area contributed by atoms with E-state index in [1.54, 1.807) is 0 Å². The van der Waals surface area contributed by atoms with Crippen molar-refractivity contribution in [3.63, 3.8) is 0 Å². The molecule has 0 aliphatic carbocycles. The third-order valence-corrected chi connectivity index (χ3v) is 3.51. The molecule has 1 atom stereocenters. The standard InChI is InChI=1S/C10H23N/c1-5-10(6-2,7-3)9(4)8-11/h9H,5-8,11H2,1-4H3. The van der Waals surface area contributed by atoms with E-state index in [2.05, 4.69) is 27.7 Å². The first kappa shape index (κ1) is 11.0. The van der Waals surface area contributed by atoms with Crippen molar-refractivity contribution >= 4 is 0 Å². The largest absolute Gasteiger partial charge is 0.330 e. The first-order chi connectivity index (χ1) is 5.16. The molecular weight excluding hydrogens is 134 g/mol. The van der Waals surface area contributed by atoms with Gasteiger partial charge in [-0.15, -0.1) is 0 Å². The molecule has 0 fully saturated rings. The van der Waals surface area contributed by atoms with Crippen LogP contribution in [0.25, 0.3) is 0 Å². The first-order valence-corrected chi connectivity index (χ1v) is 4.86. The second kappa shape index (κ2) is 4.76. The lowest BCUT2D eigenvalue weighted by atomic mass is 9.70. The maximum absolute atomic E-state index is 5.68. The summed E-state index contributed by atoms with van der Waals surface area (Å²) in [5.41, 5.74) is 6.19. The van der Waals surface area contributed by atoms with Gasteiger partial charge in [0.2, 0.25) is 0 Å². The Labute approximate surface area is 71.4 Å². The number of nitrogens with two attached hydrogens (primary N) is 1. The van der Waals surface area contributed by atoms with E-state index in [4.69, 9.17) is 5.73 Å². The summed E-state index contributed by atoms with van der Waals surface area (Å²) in [5.74, 6) is 0.669. The summed E-state index contributed by atoms with van der Waals surface area (Å²) in [6.07, 6.45) is 3.79. The van der Waals surface area contributed by atoms with Gasteiger partial charge in [0.05, 0.1) is 0 Å². The molecule has 2 N–H and O–H groups in total. The smallest absolute Gasteiger partial charge is 0.00462 e.